The maximum absolute atomic E-state index is 13.0. The van der Waals surface area contributed by atoms with Gasteiger partial charge in [0.2, 0.25) is 11.7 Å². The van der Waals surface area contributed by atoms with Gasteiger partial charge in [0.15, 0.2) is 15.9 Å². The number of carbonyl (C=O) groups is 3. The van der Waals surface area contributed by atoms with Crippen molar-refractivity contribution in [1.29, 1.82) is 0 Å². The topological polar surface area (TPSA) is 110 Å². The molecule has 2 atom stereocenters. The number of hydrogen-bond acceptors (Lipinski definition) is 7. The van der Waals surface area contributed by atoms with Gasteiger partial charge in [-0.2, -0.15) is 5.10 Å². The first-order valence-corrected chi connectivity index (χ1v) is 10.6. The van der Waals surface area contributed by atoms with E-state index in [9.17, 15) is 27.2 Å². The number of ether oxygens (including phenoxy) is 1. The Kier molecular flexibility index (Phi) is 5.59. The van der Waals surface area contributed by atoms with Gasteiger partial charge in [-0.3, -0.25) is 9.59 Å². The van der Waals surface area contributed by atoms with E-state index in [2.05, 4.69) is 5.10 Å². The highest BCUT2D eigenvalue weighted by molar-refractivity contribution is 7.91. The molecule has 0 aromatic heterocycles. The third-order valence-corrected chi connectivity index (χ3v) is 6.38. The number of halogens is 1. The van der Waals surface area contributed by atoms with Gasteiger partial charge < -0.3 is 4.74 Å². The van der Waals surface area contributed by atoms with Crippen molar-refractivity contribution in [3.63, 3.8) is 0 Å². The maximum Gasteiger partial charge on any atom is 0.355 e. The van der Waals surface area contributed by atoms with Gasteiger partial charge >= 0.3 is 5.97 Å². The van der Waals surface area contributed by atoms with Gasteiger partial charge in [-0.1, -0.05) is 0 Å². The van der Waals surface area contributed by atoms with Crippen molar-refractivity contribution >= 4 is 33.2 Å². The summed E-state index contributed by atoms with van der Waals surface area (Å²) >= 11 is 0. The second-order valence-electron chi connectivity index (χ2n) is 6.76. The molecule has 1 aromatic rings. The number of benzene rings is 1. The molecule has 2 aliphatic heterocycles. The number of Topliss-reactive ketones (excluding diaryl/α,β-unsaturated/α-hetero) is 1. The molecule has 1 fully saturated rings. The van der Waals surface area contributed by atoms with Crippen LogP contribution in [0.4, 0.5) is 4.39 Å². The minimum Gasteiger partial charge on any atom is -0.450 e. The first-order valence-electron chi connectivity index (χ1n) is 8.77. The first-order chi connectivity index (χ1) is 13.2. The van der Waals surface area contributed by atoms with Crippen molar-refractivity contribution in [2.45, 2.75) is 38.3 Å². The molecule has 150 valence electrons. The zero-order valence-electron chi connectivity index (χ0n) is 15.1. The molecule has 3 rings (SSSR count). The van der Waals surface area contributed by atoms with E-state index in [-0.39, 0.29) is 48.0 Å². The van der Waals surface area contributed by atoms with Crippen LogP contribution in [-0.2, 0) is 24.2 Å². The van der Waals surface area contributed by atoms with Gasteiger partial charge in [0, 0.05) is 18.4 Å². The Morgan fingerprint density at radius 2 is 1.93 bits per heavy atom. The van der Waals surface area contributed by atoms with Crippen molar-refractivity contribution in [1.82, 2.24) is 5.01 Å². The zero-order chi connectivity index (χ0) is 20.5. The van der Waals surface area contributed by atoms with Gasteiger partial charge in [0.05, 0.1) is 17.5 Å². The molecule has 1 saturated heterocycles. The summed E-state index contributed by atoms with van der Waals surface area (Å²) in [7, 11) is -3.22. The van der Waals surface area contributed by atoms with Crippen LogP contribution < -0.4 is 0 Å². The summed E-state index contributed by atoms with van der Waals surface area (Å²) in [5, 5.41) is 5.06. The fourth-order valence-corrected chi connectivity index (χ4v) is 4.80. The highest BCUT2D eigenvalue weighted by Crippen LogP contribution is 2.22. The SMILES string of the molecule is C[C@H](OC(=O)C1=NN([C@@H]2CCS(=O)(=O)C2)C(=O)CC1)C(=O)c1ccc(F)cc1. The Morgan fingerprint density at radius 1 is 1.25 bits per heavy atom. The summed E-state index contributed by atoms with van der Waals surface area (Å²) in [5.74, 6) is -2.41. The van der Waals surface area contributed by atoms with E-state index in [4.69, 9.17) is 4.74 Å². The number of amides is 1. The second-order valence-corrected chi connectivity index (χ2v) is 8.99. The average Bonchev–Trinajstić information content (AvgIpc) is 3.01. The van der Waals surface area contributed by atoms with E-state index >= 15 is 0 Å². The fraction of sp³-hybridized carbons (Fsp3) is 0.444. The maximum atomic E-state index is 13.0. The second kappa shape index (κ2) is 7.78. The van der Waals surface area contributed by atoms with E-state index in [0.717, 1.165) is 17.1 Å². The Labute approximate surface area is 161 Å². The smallest absolute Gasteiger partial charge is 0.355 e. The van der Waals surface area contributed by atoms with Crippen LogP contribution in [-0.4, -0.2) is 60.4 Å². The number of ketones is 1. The van der Waals surface area contributed by atoms with Crippen LogP contribution in [0, 0.1) is 5.82 Å². The molecular weight excluding hydrogens is 391 g/mol. The fourth-order valence-electron chi connectivity index (χ4n) is 3.10. The summed E-state index contributed by atoms with van der Waals surface area (Å²) < 4.78 is 41.4. The summed E-state index contributed by atoms with van der Waals surface area (Å²) in [4.78, 5) is 36.8. The zero-order valence-corrected chi connectivity index (χ0v) is 15.9. The summed E-state index contributed by atoms with van der Waals surface area (Å²) in [6, 6.07) is 4.25. The molecule has 1 amide bonds. The van der Waals surface area contributed by atoms with E-state index in [0.29, 0.717) is 0 Å². The molecule has 1 aromatic carbocycles. The van der Waals surface area contributed by atoms with Crippen LogP contribution in [0.3, 0.4) is 0 Å². The molecule has 10 heteroatoms. The summed E-state index contributed by atoms with van der Waals surface area (Å²) in [6.07, 6.45) is -0.812. The lowest BCUT2D eigenvalue weighted by molar-refractivity contribution is -0.139. The van der Waals surface area contributed by atoms with Gasteiger partial charge in [0.25, 0.3) is 0 Å². The molecule has 28 heavy (non-hydrogen) atoms. The Hall–Kier alpha value is -2.62. The number of carbonyl (C=O) groups excluding carboxylic acids is 3. The van der Waals surface area contributed by atoms with Crippen molar-refractivity contribution in [2.24, 2.45) is 5.10 Å². The first kappa shape index (κ1) is 20.1. The van der Waals surface area contributed by atoms with Crippen molar-refractivity contribution in [2.75, 3.05) is 11.5 Å². The molecule has 0 aliphatic carbocycles. The van der Waals surface area contributed by atoms with Crippen LogP contribution in [0.15, 0.2) is 29.4 Å². The van der Waals surface area contributed by atoms with Gasteiger partial charge in [-0.05, 0) is 37.6 Å². The Balaban J connectivity index is 1.69. The summed E-state index contributed by atoms with van der Waals surface area (Å²) in [5.41, 5.74) is 0.155. The van der Waals surface area contributed by atoms with Crippen molar-refractivity contribution in [3.05, 3.63) is 35.6 Å². The van der Waals surface area contributed by atoms with Gasteiger partial charge in [-0.25, -0.2) is 22.6 Å². The Bertz CT molecular complexity index is 941. The van der Waals surface area contributed by atoms with E-state index < -0.39 is 39.6 Å². The Morgan fingerprint density at radius 3 is 2.54 bits per heavy atom. The molecule has 2 heterocycles. The predicted molar refractivity (Wildman–Crippen MR) is 96.9 cm³/mol. The van der Waals surface area contributed by atoms with Crippen molar-refractivity contribution < 1.29 is 31.9 Å². The highest BCUT2D eigenvalue weighted by Gasteiger charge is 2.37. The van der Waals surface area contributed by atoms with E-state index in [1.54, 1.807) is 0 Å². The molecular formula is C18H19FN2O6S. The van der Waals surface area contributed by atoms with Crippen LogP contribution >= 0.6 is 0 Å². The van der Waals surface area contributed by atoms with E-state index in [1.807, 2.05) is 0 Å². The molecule has 8 nitrogen and oxygen atoms in total. The molecule has 0 saturated carbocycles. The normalized spacial score (nSPS) is 22.5. The predicted octanol–water partition coefficient (Wildman–Crippen LogP) is 1.11. The molecule has 0 radical (unpaired) electrons. The quantitative estimate of drug-likeness (QED) is 0.531. The number of hydrazone groups is 1. The third kappa shape index (κ3) is 4.44. The van der Waals surface area contributed by atoms with Crippen molar-refractivity contribution in [3.8, 4) is 0 Å². The molecule has 2 aliphatic rings. The van der Waals surface area contributed by atoms with Gasteiger partial charge in [-0.15, -0.1) is 0 Å². The third-order valence-electron chi connectivity index (χ3n) is 4.63. The van der Waals surface area contributed by atoms with E-state index in [1.165, 1.54) is 19.1 Å². The van der Waals surface area contributed by atoms with Crippen LogP contribution in [0.2, 0.25) is 0 Å². The molecule has 0 spiro atoms. The number of esters is 1. The van der Waals surface area contributed by atoms with Gasteiger partial charge in [0.1, 0.15) is 11.5 Å². The lowest BCUT2D eigenvalue weighted by atomic mass is 10.1. The number of nitrogens with zero attached hydrogens (tertiary/aromatic N) is 2. The highest BCUT2D eigenvalue weighted by atomic mass is 32.2. The largest absolute Gasteiger partial charge is 0.450 e. The minimum atomic E-state index is -3.22. The summed E-state index contributed by atoms with van der Waals surface area (Å²) in [6.45, 7) is 1.39. The van der Waals surface area contributed by atoms with Crippen LogP contribution in [0.5, 0.6) is 0 Å². The number of hydrogen-bond donors (Lipinski definition) is 0. The monoisotopic (exact) mass is 410 g/mol. The van der Waals surface area contributed by atoms with Crippen LogP contribution in [0.1, 0.15) is 36.5 Å². The standard InChI is InChI=1S/C18H19FN2O6S/c1-11(17(23)12-2-4-13(19)5-3-12)27-18(24)15-6-7-16(22)21(20-15)14-8-9-28(25,26)10-14/h2-5,11,14H,6-10H2,1H3/t11-,14+/m0/s1. The molecule has 0 bridgehead atoms. The average molecular weight is 410 g/mol. The van der Waals surface area contributed by atoms with Crippen LogP contribution in [0.25, 0.3) is 0 Å². The number of sulfone groups is 1. The molecule has 0 unspecified atom stereocenters. The number of rotatable bonds is 5. The lowest BCUT2D eigenvalue weighted by Crippen LogP contribution is -2.42. The molecule has 0 N–H and O–H groups in total. The minimum absolute atomic E-state index is 0.00473. The lowest BCUT2D eigenvalue weighted by Gasteiger charge is -2.27.